The monoisotopic (exact) mass is 641 g/mol. The molecule has 1 aliphatic rings. The first-order valence-corrected chi connectivity index (χ1v) is 13.7. The lowest BCUT2D eigenvalue weighted by Gasteiger charge is -2.14. The van der Waals surface area contributed by atoms with Crippen molar-refractivity contribution >= 4 is 72.9 Å². The molecule has 11 heteroatoms. The van der Waals surface area contributed by atoms with E-state index in [-0.39, 0.29) is 22.9 Å². The first-order valence-electron chi connectivity index (χ1n) is 11.8. The number of rotatable bonds is 7. The zero-order chi connectivity index (χ0) is 28.6. The number of aryl methyl sites for hydroxylation is 1. The minimum Gasteiger partial charge on any atom is -0.493 e. The molecule has 204 valence electrons. The van der Waals surface area contributed by atoms with Crippen LogP contribution in [0, 0.1) is 6.92 Å². The van der Waals surface area contributed by atoms with Crippen molar-refractivity contribution in [3.8, 4) is 23.0 Å². The van der Waals surface area contributed by atoms with Crippen LogP contribution in [0.5, 0.6) is 23.0 Å². The summed E-state index contributed by atoms with van der Waals surface area (Å²) in [6.45, 7) is 1.99. The van der Waals surface area contributed by atoms with E-state index in [4.69, 9.17) is 35.3 Å². The maximum atomic E-state index is 13.1. The number of ether oxygens (including phenoxy) is 5. The van der Waals surface area contributed by atoms with Crippen LogP contribution in [0.4, 0.5) is 0 Å². The van der Waals surface area contributed by atoms with Gasteiger partial charge in [-0.1, -0.05) is 39.7 Å². The Bertz CT molecular complexity index is 1720. The molecule has 4 aromatic rings. The van der Waals surface area contributed by atoms with Crippen LogP contribution in [-0.4, -0.2) is 39.2 Å². The summed E-state index contributed by atoms with van der Waals surface area (Å²) in [6.07, 6.45) is 1.49. The Morgan fingerprint density at radius 1 is 1.00 bits per heavy atom. The van der Waals surface area contributed by atoms with E-state index in [1.54, 1.807) is 18.2 Å². The summed E-state index contributed by atoms with van der Waals surface area (Å²) >= 11 is 11.4. The molecule has 3 aromatic carbocycles. The maximum absolute atomic E-state index is 13.1. The van der Waals surface area contributed by atoms with Crippen LogP contribution in [0.25, 0.3) is 16.2 Å². The fourth-order valence-corrected chi connectivity index (χ4v) is 5.96. The highest BCUT2D eigenvalue weighted by molar-refractivity contribution is 9.10. The summed E-state index contributed by atoms with van der Waals surface area (Å²) < 4.78 is 28.8. The van der Waals surface area contributed by atoms with Gasteiger partial charge in [0.2, 0.25) is 11.6 Å². The molecular formula is C29H21BrClNO7S. The minimum atomic E-state index is -0.674. The quantitative estimate of drug-likeness (QED) is 0.119. The summed E-state index contributed by atoms with van der Waals surface area (Å²) in [4.78, 5) is 30.9. The van der Waals surface area contributed by atoms with Crippen LogP contribution >= 0.6 is 38.9 Å². The van der Waals surface area contributed by atoms with Crippen molar-refractivity contribution in [2.45, 2.75) is 6.92 Å². The fraction of sp³-hybridized carbons (Fsp3) is 0.138. The molecule has 0 amide bonds. The lowest BCUT2D eigenvalue weighted by molar-refractivity contribution is -0.129. The molecule has 0 bridgehead atoms. The number of aliphatic imine (C=N–C) groups is 1. The van der Waals surface area contributed by atoms with Crippen molar-refractivity contribution in [2.24, 2.45) is 4.99 Å². The average Bonchev–Trinajstić information content (AvgIpc) is 3.47. The molecule has 5 rings (SSSR count). The van der Waals surface area contributed by atoms with E-state index in [1.807, 2.05) is 25.1 Å². The number of hydrogen-bond donors (Lipinski definition) is 0. The number of methoxy groups -OCH3 is 3. The van der Waals surface area contributed by atoms with E-state index in [9.17, 15) is 9.59 Å². The summed E-state index contributed by atoms with van der Waals surface area (Å²) in [6, 6.07) is 13.9. The SMILES string of the molecule is COc1cc(C(=O)Oc2ccc(Br)cc2/C=C2/N=C(c3sc4cc(C)ccc4c3Cl)OC2=O)cc(OC)c1OC. The summed E-state index contributed by atoms with van der Waals surface area (Å²) in [5.41, 5.74) is 1.71. The Hall–Kier alpha value is -3.86. The van der Waals surface area contributed by atoms with E-state index in [1.165, 1.54) is 50.9 Å². The second kappa shape index (κ2) is 11.3. The average molecular weight is 643 g/mol. The predicted molar refractivity (Wildman–Crippen MR) is 157 cm³/mol. The first kappa shape index (κ1) is 27.7. The summed E-state index contributed by atoms with van der Waals surface area (Å²) in [5, 5.41) is 1.33. The number of carbonyl (C=O) groups excluding carboxylic acids is 2. The standard InChI is InChI=1S/C29H21BrClNO7S/c1-14-5-7-18-23(9-14)40-26(24(18)31)27-32-19(29(34)39-27)11-15-10-17(30)6-8-20(15)38-28(33)16-12-21(35-2)25(37-4)22(13-16)36-3/h5-13H,1-4H3/b19-11+. The van der Waals surface area contributed by atoms with E-state index < -0.39 is 11.9 Å². The highest BCUT2D eigenvalue weighted by Gasteiger charge is 2.28. The Kier molecular flexibility index (Phi) is 7.84. The zero-order valence-electron chi connectivity index (χ0n) is 21.7. The molecule has 1 aliphatic heterocycles. The molecule has 0 radical (unpaired) electrons. The largest absolute Gasteiger partial charge is 0.493 e. The topological polar surface area (TPSA) is 92.7 Å². The molecule has 2 heterocycles. The van der Waals surface area contributed by atoms with Crippen molar-refractivity contribution in [3.05, 3.63) is 85.3 Å². The number of nitrogens with zero attached hydrogens (tertiary/aromatic N) is 1. The number of benzene rings is 3. The first-order chi connectivity index (χ1) is 19.2. The van der Waals surface area contributed by atoms with Crippen molar-refractivity contribution in [1.82, 2.24) is 0 Å². The highest BCUT2D eigenvalue weighted by Crippen LogP contribution is 2.40. The molecular weight excluding hydrogens is 622 g/mol. The second-order valence-electron chi connectivity index (χ2n) is 8.57. The van der Waals surface area contributed by atoms with Crippen molar-refractivity contribution < 1.29 is 33.3 Å². The van der Waals surface area contributed by atoms with Gasteiger partial charge in [-0.2, -0.15) is 0 Å². The Morgan fingerprint density at radius 3 is 2.40 bits per heavy atom. The zero-order valence-corrected chi connectivity index (χ0v) is 24.8. The molecule has 0 saturated carbocycles. The minimum absolute atomic E-state index is 0.0305. The Balaban J connectivity index is 1.49. The van der Waals surface area contributed by atoms with Gasteiger partial charge in [0.05, 0.1) is 31.9 Å². The Morgan fingerprint density at radius 2 is 1.73 bits per heavy atom. The lowest BCUT2D eigenvalue weighted by atomic mass is 10.1. The summed E-state index contributed by atoms with van der Waals surface area (Å²) in [5.74, 6) is -0.0614. The number of esters is 2. The normalized spacial score (nSPS) is 13.8. The summed E-state index contributed by atoms with van der Waals surface area (Å²) in [7, 11) is 4.37. The van der Waals surface area contributed by atoms with Crippen LogP contribution in [0.3, 0.4) is 0 Å². The van der Waals surface area contributed by atoms with Crippen LogP contribution in [0.1, 0.15) is 26.4 Å². The molecule has 0 unspecified atom stereocenters. The highest BCUT2D eigenvalue weighted by atomic mass is 79.9. The molecule has 40 heavy (non-hydrogen) atoms. The predicted octanol–water partition coefficient (Wildman–Crippen LogP) is 7.22. The van der Waals surface area contributed by atoms with Gasteiger partial charge in [0.15, 0.2) is 17.2 Å². The molecule has 1 aromatic heterocycles. The van der Waals surface area contributed by atoms with E-state index in [0.29, 0.717) is 37.2 Å². The van der Waals surface area contributed by atoms with Crippen LogP contribution in [0.15, 0.2) is 63.7 Å². The fourth-order valence-electron chi connectivity index (χ4n) is 4.05. The number of fused-ring (bicyclic) bond motifs is 1. The van der Waals surface area contributed by atoms with Crippen molar-refractivity contribution in [3.63, 3.8) is 0 Å². The molecule has 0 fully saturated rings. The molecule has 0 aliphatic carbocycles. The number of carbonyl (C=O) groups is 2. The Labute approximate surface area is 246 Å². The number of cyclic esters (lactones) is 1. The number of halogens is 2. The van der Waals surface area contributed by atoms with Gasteiger partial charge in [0, 0.05) is 20.1 Å². The number of hydrogen-bond acceptors (Lipinski definition) is 9. The molecule has 0 atom stereocenters. The van der Waals surface area contributed by atoms with E-state index >= 15 is 0 Å². The molecule has 0 N–H and O–H groups in total. The van der Waals surface area contributed by atoms with E-state index in [0.717, 1.165) is 15.6 Å². The lowest BCUT2D eigenvalue weighted by Crippen LogP contribution is -2.10. The smallest absolute Gasteiger partial charge is 0.363 e. The molecule has 0 spiro atoms. The van der Waals surface area contributed by atoms with Crippen molar-refractivity contribution in [1.29, 1.82) is 0 Å². The van der Waals surface area contributed by atoms with Crippen LogP contribution in [0.2, 0.25) is 5.02 Å². The van der Waals surface area contributed by atoms with Crippen LogP contribution < -0.4 is 18.9 Å². The van der Waals surface area contributed by atoms with Gasteiger partial charge in [0.1, 0.15) is 10.6 Å². The third-order valence-corrected chi connectivity index (χ3v) is 8.11. The van der Waals surface area contributed by atoms with Gasteiger partial charge in [-0.15, -0.1) is 11.3 Å². The molecule has 0 saturated heterocycles. The third kappa shape index (κ3) is 5.30. The van der Waals surface area contributed by atoms with Gasteiger partial charge in [0.25, 0.3) is 0 Å². The van der Waals surface area contributed by atoms with Gasteiger partial charge in [-0.3, -0.25) is 0 Å². The van der Waals surface area contributed by atoms with Crippen LogP contribution in [-0.2, 0) is 9.53 Å². The van der Waals surface area contributed by atoms with Gasteiger partial charge < -0.3 is 23.7 Å². The second-order valence-corrected chi connectivity index (χ2v) is 10.9. The van der Waals surface area contributed by atoms with Gasteiger partial charge in [-0.25, -0.2) is 14.6 Å². The van der Waals surface area contributed by atoms with Crippen molar-refractivity contribution in [2.75, 3.05) is 21.3 Å². The maximum Gasteiger partial charge on any atom is 0.363 e. The third-order valence-electron chi connectivity index (χ3n) is 5.97. The number of thiophene rings is 1. The van der Waals surface area contributed by atoms with E-state index in [2.05, 4.69) is 20.9 Å². The van der Waals surface area contributed by atoms with Gasteiger partial charge in [-0.05, 0) is 55.0 Å². The van der Waals surface area contributed by atoms with Gasteiger partial charge >= 0.3 is 11.9 Å². The molecule has 8 nitrogen and oxygen atoms in total.